The van der Waals surface area contributed by atoms with Gasteiger partial charge in [-0.05, 0) is 64.1 Å². The summed E-state index contributed by atoms with van der Waals surface area (Å²) in [6, 6.07) is 0.902. The maximum Gasteiger partial charge on any atom is 0.234 e. The number of carbonyl (C=O) groups is 1. The first kappa shape index (κ1) is 15.8. The van der Waals surface area contributed by atoms with Crippen LogP contribution in [0.5, 0.6) is 0 Å². The number of nitrogens with one attached hydrogen (secondary N) is 2. The number of nitrogens with zero attached hydrogens (tertiary/aromatic N) is 1. The molecule has 2 aliphatic heterocycles. The predicted molar refractivity (Wildman–Crippen MR) is 82.6 cm³/mol. The zero-order chi connectivity index (χ0) is 14.5. The highest BCUT2D eigenvalue weighted by Crippen LogP contribution is 2.29. The molecule has 2 fully saturated rings. The molecule has 0 radical (unpaired) electrons. The van der Waals surface area contributed by atoms with Crippen LogP contribution in [0.15, 0.2) is 0 Å². The molecule has 4 heteroatoms. The number of rotatable bonds is 5. The molecule has 20 heavy (non-hydrogen) atoms. The summed E-state index contributed by atoms with van der Waals surface area (Å²) in [5, 5.41) is 6.57. The quantitative estimate of drug-likeness (QED) is 0.805. The molecule has 0 aromatic rings. The highest BCUT2D eigenvalue weighted by molar-refractivity contribution is 5.78. The molecule has 2 unspecified atom stereocenters. The summed E-state index contributed by atoms with van der Waals surface area (Å²) in [5.74, 6) is 1.49. The molecule has 0 aromatic heterocycles. The van der Waals surface area contributed by atoms with Crippen LogP contribution in [-0.4, -0.2) is 49.1 Å². The van der Waals surface area contributed by atoms with Gasteiger partial charge in [-0.3, -0.25) is 9.69 Å². The molecule has 2 heterocycles. The lowest BCUT2D eigenvalue weighted by molar-refractivity contribution is -0.123. The lowest BCUT2D eigenvalue weighted by Crippen LogP contribution is -2.47. The molecule has 116 valence electrons. The van der Waals surface area contributed by atoms with Crippen LogP contribution in [0.4, 0.5) is 0 Å². The molecule has 2 rings (SSSR count). The predicted octanol–water partition coefficient (Wildman–Crippen LogP) is 1.61. The number of carbonyl (C=O) groups excluding carboxylic acids is 1. The Balaban J connectivity index is 1.82. The Hall–Kier alpha value is -0.610. The highest BCUT2D eigenvalue weighted by atomic mass is 16.2. The molecule has 2 N–H and O–H groups in total. The van der Waals surface area contributed by atoms with E-state index in [-0.39, 0.29) is 11.9 Å². The summed E-state index contributed by atoms with van der Waals surface area (Å²) in [5.41, 5.74) is 0. The number of amides is 1. The number of hydrogen-bond acceptors (Lipinski definition) is 3. The van der Waals surface area contributed by atoms with E-state index >= 15 is 0 Å². The van der Waals surface area contributed by atoms with Crippen molar-refractivity contribution < 1.29 is 4.79 Å². The second kappa shape index (κ2) is 7.41. The third-order valence-corrected chi connectivity index (χ3v) is 5.08. The average molecular weight is 281 g/mol. The van der Waals surface area contributed by atoms with Crippen LogP contribution in [0, 0.1) is 11.8 Å². The van der Waals surface area contributed by atoms with Crippen LogP contribution in [0.1, 0.15) is 46.5 Å². The lowest BCUT2D eigenvalue weighted by Gasteiger charge is -2.34. The van der Waals surface area contributed by atoms with Gasteiger partial charge >= 0.3 is 0 Å². The largest absolute Gasteiger partial charge is 0.352 e. The van der Waals surface area contributed by atoms with Crippen molar-refractivity contribution in [2.45, 2.75) is 58.5 Å². The van der Waals surface area contributed by atoms with Gasteiger partial charge in [0, 0.05) is 12.1 Å². The summed E-state index contributed by atoms with van der Waals surface area (Å²) < 4.78 is 0. The summed E-state index contributed by atoms with van der Waals surface area (Å²) >= 11 is 0. The molecule has 2 aliphatic rings. The fourth-order valence-corrected chi connectivity index (χ4v) is 3.46. The normalized spacial score (nSPS) is 26.9. The van der Waals surface area contributed by atoms with E-state index in [0.29, 0.717) is 18.5 Å². The van der Waals surface area contributed by atoms with E-state index in [4.69, 9.17) is 0 Å². The van der Waals surface area contributed by atoms with Gasteiger partial charge in [-0.15, -0.1) is 0 Å². The molecular weight excluding hydrogens is 250 g/mol. The highest BCUT2D eigenvalue weighted by Gasteiger charge is 2.33. The van der Waals surface area contributed by atoms with Gasteiger partial charge in [-0.1, -0.05) is 13.8 Å². The molecule has 0 aromatic carbocycles. The van der Waals surface area contributed by atoms with E-state index < -0.39 is 0 Å². The van der Waals surface area contributed by atoms with E-state index in [0.717, 1.165) is 25.6 Å². The fraction of sp³-hybridized carbons (Fsp3) is 0.938. The van der Waals surface area contributed by atoms with Crippen LogP contribution >= 0.6 is 0 Å². The molecule has 2 atom stereocenters. The van der Waals surface area contributed by atoms with Crippen molar-refractivity contribution in [1.82, 2.24) is 15.5 Å². The Morgan fingerprint density at radius 3 is 2.60 bits per heavy atom. The van der Waals surface area contributed by atoms with Crippen LogP contribution in [0.25, 0.3) is 0 Å². The first-order valence-electron chi connectivity index (χ1n) is 8.32. The molecule has 1 amide bonds. The van der Waals surface area contributed by atoms with Crippen molar-refractivity contribution in [2.24, 2.45) is 11.8 Å². The monoisotopic (exact) mass is 281 g/mol. The molecular formula is C16H31N3O. The fourth-order valence-electron chi connectivity index (χ4n) is 3.46. The molecule has 4 nitrogen and oxygen atoms in total. The van der Waals surface area contributed by atoms with Gasteiger partial charge in [-0.25, -0.2) is 0 Å². The molecule has 0 saturated carbocycles. The molecule has 0 bridgehead atoms. The lowest BCUT2D eigenvalue weighted by atomic mass is 9.89. The van der Waals surface area contributed by atoms with Crippen LogP contribution in [-0.2, 0) is 4.79 Å². The number of hydrogen-bond donors (Lipinski definition) is 2. The van der Waals surface area contributed by atoms with Gasteiger partial charge in [0.15, 0.2) is 0 Å². The summed E-state index contributed by atoms with van der Waals surface area (Å²) in [6.45, 7) is 10.4. The topological polar surface area (TPSA) is 44.4 Å². The minimum absolute atomic E-state index is 0.201. The van der Waals surface area contributed by atoms with Gasteiger partial charge in [0.25, 0.3) is 0 Å². The van der Waals surface area contributed by atoms with Gasteiger partial charge in [-0.2, -0.15) is 0 Å². The molecule has 0 spiro atoms. The van der Waals surface area contributed by atoms with Crippen molar-refractivity contribution in [3.63, 3.8) is 0 Å². The van der Waals surface area contributed by atoms with E-state index in [1.807, 2.05) is 0 Å². The van der Waals surface area contributed by atoms with Crippen molar-refractivity contribution in [3.8, 4) is 0 Å². The standard InChI is InChI=1S/C16H31N3O/c1-12(2)13(3)18-16(20)11-19-10-4-5-15(19)14-6-8-17-9-7-14/h12-15,17H,4-11H2,1-3H3,(H,18,20). The van der Waals surface area contributed by atoms with Crippen LogP contribution in [0.2, 0.25) is 0 Å². The zero-order valence-electron chi connectivity index (χ0n) is 13.3. The number of piperidine rings is 1. The van der Waals surface area contributed by atoms with E-state index in [2.05, 4.69) is 36.3 Å². The van der Waals surface area contributed by atoms with Crippen LogP contribution < -0.4 is 10.6 Å². The van der Waals surface area contributed by atoms with Crippen molar-refractivity contribution in [2.75, 3.05) is 26.2 Å². The van der Waals surface area contributed by atoms with Crippen molar-refractivity contribution in [1.29, 1.82) is 0 Å². The van der Waals surface area contributed by atoms with Crippen LogP contribution in [0.3, 0.4) is 0 Å². The van der Waals surface area contributed by atoms with Gasteiger partial charge in [0.1, 0.15) is 0 Å². The van der Waals surface area contributed by atoms with Gasteiger partial charge < -0.3 is 10.6 Å². The van der Waals surface area contributed by atoms with E-state index in [1.54, 1.807) is 0 Å². The molecule has 2 saturated heterocycles. The number of likely N-dealkylation sites (tertiary alicyclic amines) is 1. The Bertz CT molecular complexity index is 313. The molecule has 0 aliphatic carbocycles. The maximum absolute atomic E-state index is 12.2. The van der Waals surface area contributed by atoms with Crippen molar-refractivity contribution >= 4 is 5.91 Å². The Labute approximate surface area is 123 Å². The van der Waals surface area contributed by atoms with Crippen molar-refractivity contribution in [3.05, 3.63) is 0 Å². The smallest absolute Gasteiger partial charge is 0.234 e. The Kier molecular flexibility index (Phi) is 5.85. The van der Waals surface area contributed by atoms with Gasteiger partial charge in [0.05, 0.1) is 6.54 Å². The maximum atomic E-state index is 12.2. The minimum Gasteiger partial charge on any atom is -0.352 e. The third kappa shape index (κ3) is 4.19. The summed E-state index contributed by atoms with van der Waals surface area (Å²) in [7, 11) is 0. The first-order chi connectivity index (χ1) is 9.58. The minimum atomic E-state index is 0.201. The SMILES string of the molecule is CC(C)C(C)NC(=O)CN1CCCC1C1CCNCC1. The summed E-state index contributed by atoms with van der Waals surface area (Å²) in [4.78, 5) is 14.6. The Morgan fingerprint density at radius 2 is 1.95 bits per heavy atom. The van der Waals surface area contributed by atoms with E-state index in [1.165, 1.54) is 25.7 Å². The Morgan fingerprint density at radius 1 is 1.25 bits per heavy atom. The van der Waals surface area contributed by atoms with E-state index in [9.17, 15) is 4.79 Å². The average Bonchev–Trinajstić information content (AvgIpc) is 2.87. The third-order valence-electron chi connectivity index (χ3n) is 5.08. The second-order valence-electron chi connectivity index (χ2n) is 6.87. The first-order valence-corrected chi connectivity index (χ1v) is 8.32. The zero-order valence-corrected chi connectivity index (χ0v) is 13.3. The second-order valence-corrected chi connectivity index (χ2v) is 6.87. The summed E-state index contributed by atoms with van der Waals surface area (Å²) in [6.07, 6.45) is 5.07. The van der Waals surface area contributed by atoms with Gasteiger partial charge in [0.2, 0.25) is 5.91 Å².